The number of pyridine rings is 1. The number of benzene rings is 9. The third kappa shape index (κ3) is 7.20. The largest absolute Gasteiger partial charge is 0.510 e. The average Bonchev–Trinajstić information content (AvgIpc) is 4.16. The summed E-state index contributed by atoms with van der Waals surface area (Å²) >= 11 is 0. The first-order valence-electron chi connectivity index (χ1n) is 27.6. The molecule has 4 heterocycles. The summed E-state index contributed by atoms with van der Waals surface area (Å²) in [6.07, 6.45) is 5.46. The third-order valence-electron chi connectivity index (χ3n) is 12.9. The summed E-state index contributed by atoms with van der Waals surface area (Å²) in [5.41, 5.74) is 11.4. The molecule has 0 N–H and O–H groups in total. The van der Waals surface area contributed by atoms with E-state index in [1.165, 1.54) is 0 Å². The van der Waals surface area contributed by atoms with E-state index >= 15 is 0 Å². The van der Waals surface area contributed by atoms with Crippen LogP contribution < -0.4 is 9.30 Å². The van der Waals surface area contributed by atoms with Gasteiger partial charge in [-0.15, -0.1) is 29.7 Å². The molecular weight excluding hydrogens is 1040 g/mol. The predicted molar refractivity (Wildman–Crippen MR) is 279 cm³/mol. The maximum Gasteiger partial charge on any atom is 0.268 e. The fourth-order valence-corrected chi connectivity index (χ4v) is 9.73. The Morgan fingerprint density at radius 2 is 1.17 bits per heavy atom. The second-order valence-corrected chi connectivity index (χ2v) is 18.0. The summed E-state index contributed by atoms with van der Waals surface area (Å²) in [5, 5.41) is 1.52. The average molecular weight is 1090 g/mol. The van der Waals surface area contributed by atoms with Crippen LogP contribution in [0.4, 0.5) is 0 Å². The van der Waals surface area contributed by atoms with Crippen LogP contribution in [0.3, 0.4) is 0 Å². The van der Waals surface area contributed by atoms with Gasteiger partial charge in [-0.05, 0) is 95.9 Å². The number of rotatable bonds is 6. The number of para-hydroxylation sites is 2. The summed E-state index contributed by atoms with van der Waals surface area (Å²) in [4.78, 5) is 4.85. The molecule has 338 valence electrons. The molecule has 0 radical (unpaired) electrons. The van der Waals surface area contributed by atoms with E-state index in [-0.39, 0.29) is 61.8 Å². The van der Waals surface area contributed by atoms with Crippen LogP contribution in [0.5, 0.6) is 11.5 Å². The van der Waals surface area contributed by atoms with Crippen LogP contribution in [0.25, 0.3) is 106 Å². The van der Waals surface area contributed by atoms with Gasteiger partial charge in [-0.25, -0.2) is 4.98 Å². The molecule has 1 aliphatic heterocycles. The molecule has 5 nitrogen and oxygen atoms in total. The van der Waals surface area contributed by atoms with Crippen molar-refractivity contribution in [3.05, 3.63) is 236 Å². The van der Waals surface area contributed by atoms with E-state index in [9.17, 15) is 2.74 Å². The molecule has 0 fully saturated rings. The first-order chi connectivity index (χ1) is 38.0. The molecule has 6 heteroatoms. The minimum atomic E-state index is -0.474. The van der Waals surface area contributed by atoms with Crippen molar-refractivity contribution in [3.8, 4) is 84.3 Å². The summed E-state index contributed by atoms with van der Waals surface area (Å²) in [6, 6.07) is 50.1. The van der Waals surface area contributed by atoms with Gasteiger partial charge in [-0.3, -0.25) is 4.57 Å². The van der Waals surface area contributed by atoms with Crippen molar-refractivity contribution in [2.24, 2.45) is 0 Å². The Bertz CT molecular complexity index is 4540. The number of fused-ring (bicyclic) bond motifs is 10. The fraction of sp³-hybridized carbons (Fsp3) is 0.0625. The number of nitrogens with zero attached hydrogens (tertiary/aromatic N) is 4. The molecule has 3 aromatic heterocycles. The molecule has 9 aromatic carbocycles. The number of aromatic nitrogens is 4. The monoisotopic (exact) mass is 1090 g/mol. The van der Waals surface area contributed by atoms with E-state index in [1.54, 1.807) is 24.4 Å². The zero-order chi connectivity index (χ0) is 54.9. The molecule has 0 atom stereocenters. The first-order valence-corrected chi connectivity index (χ1v) is 22.6. The Labute approximate surface area is 435 Å². The molecule has 13 rings (SSSR count). The standard InChI is InChI=1S/C64H44N4O.Pt/c1-64(2,3)45-35-36-65-61(38-45)68-58-34-31-44(42-17-6-4-7-18-42)37-57(58)54-33-32-48(40-60(54)68)69-47-22-14-21-46(39-47)66-41-67-62-49(43-19-8-5-9-20-43)27-15-28-55(62)52-25-12-10-23-50(52)51-24-11-13-26-53(51)56-29-16-30-59(66)63(56)67;/h4-38H,1-3H3;/q-2;/i4D,5D,6D,7D,8D,9D,17D,18D,19D,20D;. The molecular formula is C64H44N4OPt-2. The predicted octanol–water partition coefficient (Wildman–Crippen LogP) is 15.5. The molecule has 0 saturated carbocycles. The second kappa shape index (κ2) is 17.1. The van der Waals surface area contributed by atoms with E-state index < -0.39 is 36.3 Å². The van der Waals surface area contributed by atoms with Crippen molar-refractivity contribution in [2.75, 3.05) is 0 Å². The van der Waals surface area contributed by atoms with Crippen molar-refractivity contribution in [1.82, 2.24) is 14.1 Å². The zero-order valence-corrected chi connectivity index (χ0v) is 40.2. The Morgan fingerprint density at radius 1 is 0.543 bits per heavy atom. The summed E-state index contributed by atoms with van der Waals surface area (Å²) in [5.74, 6) is 1.37. The van der Waals surface area contributed by atoms with Crippen LogP contribution in [0, 0.1) is 18.5 Å². The van der Waals surface area contributed by atoms with Gasteiger partial charge in [0.2, 0.25) is 0 Å². The van der Waals surface area contributed by atoms with Crippen LogP contribution in [0.15, 0.2) is 212 Å². The van der Waals surface area contributed by atoms with Gasteiger partial charge in [0.05, 0.1) is 30.4 Å². The number of hydrogen-bond donors (Lipinski definition) is 0. The van der Waals surface area contributed by atoms with Gasteiger partial charge in [0.15, 0.2) is 0 Å². The molecule has 0 bridgehead atoms. The smallest absolute Gasteiger partial charge is 0.268 e. The minimum absolute atomic E-state index is 0. The topological polar surface area (TPSA) is 35.9 Å². The molecule has 1 aliphatic rings. The Morgan fingerprint density at radius 3 is 1.91 bits per heavy atom. The SMILES string of the molecule is [2H]c1c([2H])c([2H])c(-c2ccc3c(c2)c2ccc(Oc4[c-]c(-n5[c-][n+]6c7c(cccc75)-c5ccccc5-c5ccccc5-c5cccc(-c7c([2H])c([2H])c([2H])c([2H])c7[2H])c5-6)ccc4)[c-]c2n3-c2cc(C(C)(C)C)ccn2)c([2H])c1[2H].[Pt]. The van der Waals surface area contributed by atoms with Crippen LogP contribution in [0.1, 0.15) is 40.0 Å². The van der Waals surface area contributed by atoms with Gasteiger partial charge < -0.3 is 13.9 Å². The number of ether oxygens (including phenoxy) is 1. The normalized spacial score (nSPS) is 13.8. The van der Waals surface area contributed by atoms with Crippen molar-refractivity contribution in [1.29, 1.82) is 0 Å². The first kappa shape index (κ1) is 33.4. The maximum absolute atomic E-state index is 9.21. The van der Waals surface area contributed by atoms with Gasteiger partial charge in [-0.1, -0.05) is 184 Å². The Hall–Kier alpha value is -8.11. The van der Waals surface area contributed by atoms with Crippen molar-refractivity contribution < 1.29 is 44.1 Å². The maximum atomic E-state index is 9.21. The third-order valence-corrected chi connectivity index (χ3v) is 12.9. The van der Waals surface area contributed by atoms with Crippen LogP contribution in [0.2, 0.25) is 0 Å². The molecule has 0 amide bonds. The Kier molecular flexibility index (Phi) is 8.18. The molecule has 70 heavy (non-hydrogen) atoms. The molecule has 0 saturated heterocycles. The second-order valence-electron chi connectivity index (χ2n) is 18.0. The van der Waals surface area contributed by atoms with Crippen molar-refractivity contribution in [3.63, 3.8) is 0 Å². The van der Waals surface area contributed by atoms with Crippen LogP contribution in [-0.2, 0) is 26.5 Å². The summed E-state index contributed by atoms with van der Waals surface area (Å²) < 4.78 is 99.4. The van der Waals surface area contributed by atoms with E-state index in [1.807, 2.05) is 117 Å². The van der Waals surface area contributed by atoms with Gasteiger partial charge in [0.1, 0.15) is 5.82 Å². The fourth-order valence-electron chi connectivity index (χ4n) is 9.73. The van der Waals surface area contributed by atoms with Gasteiger partial charge in [0.25, 0.3) is 6.33 Å². The minimum Gasteiger partial charge on any atom is -0.510 e. The van der Waals surface area contributed by atoms with E-state index in [2.05, 4.69) is 63.5 Å². The summed E-state index contributed by atoms with van der Waals surface area (Å²) in [6.45, 7) is 6.41. The van der Waals surface area contributed by atoms with Crippen LogP contribution in [-0.4, -0.2) is 14.1 Å². The zero-order valence-electron chi connectivity index (χ0n) is 47.9. The van der Waals surface area contributed by atoms with Crippen molar-refractivity contribution >= 4 is 32.8 Å². The molecule has 0 unspecified atom stereocenters. The number of hydrogen-bond acceptors (Lipinski definition) is 2. The van der Waals surface area contributed by atoms with E-state index in [4.69, 9.17) is 20.7 Å². The van der Waals surface area contributed by atoms with Gasteiger partial charge >= 0.3 is 0 Å². The van der Waals surface area contributed by atoms with E-state index in [0.29, 0.717) is 45.3 Å². The quantitative estimate of drug-likeness (QED) is 0.123. The van der Waals surface area contributed by atoms with Crippen LogP contribution >= 0.6 is 0 Å². The van der Waals surface area contributed by atoms with Gasteiger partial charge in [-0.2, -0.15) is 18.2 Å². The van der Waals surface area contributed by atoms with Crippen molar-refractivity contribution in [2.45, 2.75) is 26.2 Å². The molecule has 0 spiro atoms. The Balaban J connectivity index is 0.00000637. The molecule has 12 aromatic rings. The van der Waals surface area contributed by atoms with Gasteiger partial charge in [0, 0.05) is 44.3 Å². The number of imidazole rings is 1. The molecule has 0 aliphatic carbocycles. The summed E-state index contributed by atoms with van der Waals surface area (Å²) in [7, 11) is 0. The van der Waals surface area contributed by atoms with E-state index in [0.717, 1.165) is 66.3 Å².